The Balaban J connectivity index is 2.18. The zero-order valence-corrected chi connectivity index (χ0v) is 9.40. The molecule has 0 aromatic heterocycles. The molecule has 1 heterocycles. The summed E-state index contributed by atoms with van der Waals surface area (Å²) in [5.74, 6) is -1.55. The number of alkyl halides is 3. The first-order valence-corrected chi connectivity index (χ1v) is 5.65. The lowest BCUT2D eigenvalue weighted by atomic mass is 9.93. The summed E-state index contributed by atoms with van der Waals surface area (Å²) in [5, 5.41) is 2.38. The lowest BCUT2D eigenvalue weighted by molar-refractivity contribution is -0.163. The van der Waals surface area contributed by atoms with E-state index in [1.165, 1.54) is 6.07 Å². The van der Waals surface area contributed by atoms with E-state index in [1.54, 1.807) is 0 Å². The molecule has 1 nitrogen and oxygen atoms in total. The molecular weight excluding hydrogens is 253 g/mol. The second-order valence-corrected chi connectivity index (χ2v) is 4.41. The van der Waals surface area contributed by atoms with E-state index in [9.17, 15) is 22.0 Å². The first-order chi connectivity index (χ1) is 8.38. The maximum atomic E-state index is 13.5. The maximum Gasteiger partial charge on any atom is 0.403 e. The first-order valence-electron chi connectivity index (χ1n) is 5.65. The van der Waals surface area contributed by atoms with Crippen LogP contribution in [0.25, 0.3) is 0 Å². The van der Waals surface area contributed by atoms with Gasteiger partial charge in [-0.25, -0.2) is 8.78 Å². The number of nitrogens with one attached hydrogen (secondary N) is 1. The largest absolute Gasteiger partial charge is 0.403 e. The smallest absolute Gasteiger partial charge is 0.299 e. The molecule has 0 saturated carbocycles. The van der Waals surface area contributed by atoms with Crippen molar-refractivity contribution in [2.45, 2.75) is 37.5 Å². The predicted molar refractivity (Wildman–Crippen MR) is 55.9 cm³/mol. The van der Waals surface area contributed by atoms with Crippen molar-refractivity contribution >= 4 is 0 Å². The van der Waals surface area contributed by atoms with Gasteiger partial charge in [-0.2, -0.15) is 13.2 Å². The van der Waals surface area contributed by atoms with Crippen LogP contribution in [-0.2, 0) is 0 Å². The summed E-state index contributed by atoms with van der Waals surface area (Å²) < 4.78 is 64.0. The minimum atomic E-state index is -4.34. The van der Waals surface area contributed by atoms with Gasteiger partial charge in [0.15, 0.2) is 0 Å². The highest BCUT2D eigenvalue weighted by molar-refractivity contribution is 5.23. The fraction of sp³-hybridized carbons (Fsp3) is 0.500. The molecule has 1 saturated heterocycles. The molecule has 0 radical (unpaired) electrons. The molecule has 2 rings (SSSR count). The van der Waals surface area contributed by atoms with Crippen LogP contribution in [0, 0.1) is 11.6 Å². The van der Waals surface area contributed by atoms with E-state index in [0.717, 1.165) is 6.07 Å². The second-order valence-electron chi connectivity index (χ2n) is 4.41. The van der Waals surface area contributed by atoms with E-state index in [2.05, 4.69) is 5.32 Å². The van der Waals surface area contributed by atoms with Crippen LogP contribution in [0.3, 0.4) is 0 Å². The maximum absolute atomic E-state index is 13.5. The summed E-state index contributed by atoms with van der Waals surface area (Å²) in [5.41, 5.74) is 0.0883. The van der Waals surface area contributed by atoms with Gasteiger partial charge in [-0.05, 0) is 25.3 Å². The van der Waals surface area contributed by atoms with Gasteiger partial charge in [0, 0.05) is 17.7 Å². The Kier molecular flexibility index (Phi) is 3.56. The molecular formula is C12H12F5N. The zero-order chi connectivity index (χ0) is 13.3. The fourth-order valence-electron chi connectivity index (χ4n) is 2.22. The van der Waals surface area contributed by atoms with Gasteiger partial charge in [0.1, 0.15) is 17.7 Å². The highest BCUT2D eigenvalue weighted by Crippen LogP contribution is 2.33. The van der Waals surface area contributed by atoms with Crippen LogP contribution >= 0.6 is 0 Å². The fourth-order valence-corrected chi connectivity index (χ4v) is 2.22. The Hall–Kier alpha value is -1.17. The monoisotopic (exact) mass is 265 g/mol. The Morgan fingerprint density at radius 2 is 1.83 bits per heavy atom. The molecule has 0 amide bonds. The van der Waals surface area contributed by atoms with E-state index in [0.29, 0.717) is 18.9 Å². The summed E-state index contributed by atoms with van der Waals surface area (Å²) in [4.78, 5) is 0. The van der Waals surface area contributed by atoms with Crippen molar-refractivity contribution in [3.63, 3.8) is 0 Å². The number of piperidine rings is 1. The van der Waals surface area contributed by atoms with Crippen molar-refractivity contribution in [3.05, 3.63) is 35.4 Å². The molecule has 2 unspecified atom stereocenters. The Labute approximate surface area is 101 Å². The van der Waals surface area contributed by atoms with Gasteiger partial charge in [-0.15, -0.1) is 0 Å². The summed E-state index contributed by atoms with van der Waals surface area (Å²) in [7, 11) is 0. The molecule has 0 aliphatic carbocycles. The number of halogens is 5. The Bertz CT molecular complexity index is 429. The number of hydrogen-bond acceptors (Lipinski definition) is 1. The van der Waals surface area contributed by atoms with Crippen LogP contribution in [0.5, 0.6) is 0 Å². The van der Waals surface area contributed by atoms with E-state index >= 15 is 0 Å². The van der Waals surface area contributed by atoms with E-state index in [4.69, 9.17) is 0 Å². The van der Waals surface area contributed by atoms with E-state index in [1.807, 2.05) is 0 Å². The van der Waals surface area contributed by atoms with Crippen LogP contribution in [0.15, 0.2) is 18.2 Å². The topological polar surface area (TPSA) is 12.0 Å². The van der Waals surface area contributed by atoms with Gasteiger partial charge in [-0.3, -0.25) is 5.32 Å². The SMILES string of the molecule is Fc1ccc(C2CCCC(C(F)(F)F)N2)c(F)c1. The van der Waals surface area contributed by atoms with Crippen molar-refractivity contribution in [2.24, 2.45) is 0 Å². The number of rotatable bonds is 1. The molecule has 1 aromatic carbocycles. The van der Waals surface area contributed by atoms with Crippen LogP contribution in [-0.4, -0.2) is 12.2 Å². The van der Waals surface area contributed by atoms with Gasteiger partial charge in [-0.1, -0.05) is 6.07 Å². The van der Waals surface area contributed by atoms with Crippen molar-refractivity contribution in [1.82, 2.24) is 5.32 Å². The molecule has 1 aliphatic rings. The third-order valence-electron chi connectivity index (χ3n) is 3.12. The van der Waals surface area contributed by atoms with Crippen LogP contribution in [0.2, 0.25) is 0 Å². The highest BCUT2D eigenvalue weighted by Gasteiger charge is 2.42. The third kappa shape index (κ3) is 2.80. The zero-order valence-electron chi connectivity index (χ0n) is 9.40. The molecule has 0 spiro atoms. The van der Waals surface area contributed by atoms with Gasteiger partial charge < -0.3 is 0 Å². The van der Waals surface area contributed by atoms with Gasteiger partial charge in [0.05, 0.1) is 0 Å². The minimum Gasteiger partial charge on any atom is -0.299 e. The number of hydrogen-bond donors (Lipinski definition) is 1. The first kappa shape index (κ1) is 13.3. The molecule has 1 fully saturated rings. The number of benzene rings is 1. The van der Waals surface area contributed by atoms with Crippen molar-refractivity contribution in [2.75, 3.05) is 0 Å². The molecule has 6 heteroatoms. The molecule has 1 aromatic rings. The van der Waals surface area contributed by atoms with E-state index < -0.39 is 29.9 Å². The molecule has 100 valence electrons. The Morgan fingerprint density at radius 1 is 1.11 bits per heavy atom. The van der Waals surface area contributed by atoms with Gasteiger partial charge in [0.2, 0.25) is 0 Å². The Morgan fingerprint density at radius 3 is 2.44 bits per heavy atom. The van der Waals surface area contributed by atoms with Gasteiger partial charge >= 0.3 is 6.18 Å². The quantitative estimate of drug-likeness (QED) is 0.763. The minimum absolute atomic E-state index is 0.0111. The molecule has 1 aliphatic heterocycles. The summed E-state index contributed by atoms with van der Waals surface area (Å²) in [6.45, 7) is 0. The lowest BCUT2D eigenvalue weighted by Crippen LogP contribution is -2.46. The summed E-state index contributed by atoms with van der Waals surface area (Å²) in [6.07, 6.45) is -3.58. The summed E-state index contributed by atoms with van der Waals surface area (Å²) in [6, 6.07) is 0.596. The average Bonchev–Trinajstić information content (AvgIpc) is 2.28. The van der Waals surface area contributed by atoms with Crippen LogP contribution in [0.1, 0.15) is 30.9 Å². The molecule has 0 bridgehead atoms. The van der Waals surface area contributed by atoms with E-state index in [-0.39, 0.29) is 12.0 Å². The highest BCUT2D eigenvalue weighted by atomic mass is 19.4. The van der Waals surface area contributed by atoms with Crippen LogP contribution < -0.4 is 5.32 Å². The summed E-state index contributed by atoms with van der Waals surface area (Å²) >= 11 is 0. The van der Waals surface area contributed by atoms with Crippen molar-refractivity contribution in [1.29, 1.82) is 0 Å². The lowest BCUT2D eigenvalue weighted by Gasteiger charge is -2.32. The average molecular weight is 265 g/mol. The van der Waals surface area contributed by atoms with Crippen molar-refractivity contribution < 1.29 is 22.0 Å². The predicted octanol–water partition coefficient (Wildman–Crippen LogP) is 3.71. The van der Waals surface area contributed by atoms with Crippen molar-refractivity contribution in [3.8, 4) is 0 Å². The third-order valence-corrected chi connectivity index (χ3v) is 3.12. The normalized spacial score (nSPS) is 25.2. The second kappa shape index (κ2) is 4.84. The standard InChI is InChI=1S/C12H12F5N/c13-7-4-5-8(9(14)6-7)10-2-1-3-11(18-10)12(15,16)17/h4-6,10-11,18H,1-3H2. The molecule has 2 atom stereocenters. The van der Waals surface area contributed by atoms with Gasteiger partial charge in [0.25, 0.3) is 0 Å². The molecule has 1 N–H and O–H groups in total. The van der Waals surface area contributed by atoms with Crippen LogP contribution in [0.4, 0.5) is 22.0 Å². The molecule has 18 heavy (non-hydrogen) atoms.